The molecule has 0 aliphatic heterocycles. The van der Waals surface area contributed by atoms with E-state index < -0.39 is 0 Å². The molecule has 0 spiro atoms. The van der Waals surface area contributed by atoms with Crippen molar-refractivity contribution in [2.75, 3.05) is 11.9 Å². The number of anilines is 1. The van der Waals surface area contributed by atoms with Gasteiger partial charge in [-0.25, -0.2) is 0 Å². The van der Waals surface area contributed by atoms with Crippen LogP contribution in [-0.2, 0) is 0 Å². The smallest absolute Gasteiger partial charge is 0.0375 e. The second-order valence-electron chi connectivity index (χ2n) is 4.92. The van der Waals surface area contributed by atoms with Gasteiger partial charge in [-0.2, -0.15) is 0 Å². The standard InChI is InChI=1S/C14H21N/c1-11(2)13-8-3-4-9-14(13)15-10-12-6-5-7-12/h3-4,8-9,11-12,15H,5-7,10H2,1-2H3. The van der Waals surface area contributed by atoms with Crippen LogP contribution < -0.4 is 5.32 Å². The largest absolute Gasteiger partial charge is 0.385 e. The second-order valence-corrected chi connectivity index (χ2v) is 4.92. The van der Waals surface area contributed by atoms with E-state index in [0.717, 1.165) is 12.5 Å². The number of hydrogen-bond acceptors (Lipinski definition) is 1. The van der Waals surface area contributed by atoms with E-state index in [1.807, 2.05) is 0 Å². The minimum atomic E-state index is 0.607. The monoisotopic (exact) mass is 203 g/mol. The molecule has 0 radical (unpaired) electrons. The van der Waals surface area contributed by atoms with Crippen LogP contribution >= 0.6 is 0 Å². The molecule has 1 heteroatoms. The molecule has 1 saturated carbocycles. The van der Waals surface area contributed by atoms with Crippen LogP contribution in [0.15, 0.2) is 24.3 Å². The summed E-state index contributed by atoms with van der Waals surface area (Å²) < 4.78 is 0. The van der Waals surface area contributed by atoms with E-state index in [1.165, 1.54) is 30.5 Å². The fourth-order valence-electron chi connectivity index (χ4n) is 2.11. The lowest BCUT2D eigenvalue weighted by Crippen LogP contribution is -2.21. The number of hydrogen-bond donors (Lipinski definition) is 1. The summed E-state index contributed by atoms with van der Waals surface area (Å²) in [6.07, 6.45) is 4.26. The Morgan fingerprint density at radius 3 is 2.60 bits per heavy atom. The topological polar surface area (TPSA) is 12.0 Å². The Kier molecular flexibility index (Phi) is 3.30. The molecular formula is C14H21N. The molecule has 0 amide bonds. The summed E-state index contributed by atoms with van der Waals surface area (Å²) in [5.74, 6) is 1.53. The molecule has 0 aromatic heterocycles. The van der Waals surface area contributed by atoms with Crippen LogP contribution in [0.4, 0.5) is 5.69 Å². The summed E-state index contributed by atoms with van der Waals surface area (Å²) in [4.78, 5) is 0. The molecule has 0 unspecified atom stereocenters. The molecule has 82 valence electrons. The van der Waals surface area contributed by atoms with Crippen molar-refractivity contribution < 1.29 is 0 Å². The lowest BCUT2D eigenvalue weighted by atomic mass is 9.85. The number of para-hydroxylation sites is 1. The molecule has 1 fully saturated rings. The first-order chi connectivity index (χ1) is 7.27. The van der Waals surface area contributed by atoms with E-state index in [9.17, 15) is 0 Å². The third kappa shape index (κ3) is 2.53. The number of benzene rings is 1. The Hall–Kier alpha value is -0.980. The third-order valence-electron chi connectivity index (χ3n) is 3.39. The molecule has 15 heavy (non-hydrogen) atoms. The first-order valence-corrected chi connectivity index (χ1v) is 6.10. The van der Waals surface area contributed by atoms with Crippen LogP contribution in [-0.4, -0.2) is 6.54 Å². The van der Waals surface area contributed by atoms with E-state index in [4.69, 9.17) is 0 Å². The van der Waals surface area contributed by atoms with E-state index in [1.54, 1.807) is 0 Å². The lowest BCUT2D eigenvalue weighted by Gasteiger charge is -2.26. The van der Waals surface area contributed by atoms with Gasteiger partial charge in [-0.05, 0) is 36.3 Å². The third-order valence-corrected chi connectivity index (χ3v) is 3.39. The molecule has 1 aliphatic carbocycles. The maximum atomic E-state index is 3.60. The van der Waals surface area contributed by atoms with Crippen LogP contribution in [0.25, 0.3) is 0 Å². The molecule has 0 heterocycles. The summed E-state index contributed by atoms with van der Waals surface area (Å²) in [6, 6.07) is 8.68. The van der Waals surface area contributed by atoms with Gasteiger partial charge >= 0.3 is 0 Å². The Labute approximate surface area is 92.9 Å². The molecule has 2 rings (SSSR count). The van der Waals surface area contributed by atoms with Crippen LogP contribution in [0.3, 0.4) is 0 Å². The van der Waals surface area contributed by atoms with Crippen molar-refractivity contribution >= 4 is 5.69 Å². The predicted octanol–water partition coefficient (Wildman–Crippen LogP) is 4.02. The average molecular weight is 203 g/mol. The molecule has 1 aromatic rings. The van der Waals surface area contributed by atoms with E-state index in [2.05, 4.69) is 43.4 Å². The van der Waals surface area contributed by atoms with Crippen LogP contribution in [0.1, 0.15) is 44.6 Å². The van der Waals surface area contributed by atoms with Gasteiger partial charge in [-0.3, -0.25) is 0 Å². The molecule has 0 saturated heterocycles. The van der Waals surface area contributed by atoms with Crippen LogP contribution in [0.2, 0.25) is 0 Å². The highest BCUT2D eigenvalue weighted by molar-refractivity contribution is 5.52. The van der Waals surface area contributed by atoms with Gasteiger partial charge in [0.05, 0.1) is 0 Å². The quantitative estimate of drug-likeness (QED) is 0.779. The summed E-state index contributed by atoms with van der Waals surface area (Å²) in [6.45, 7) is 5.66. The Morgan fingerprint density at radius 2 is 2.00 bits per heavy atom. The maximum Gasteiger partial charge on any atom is 0.0375 e. The van der Waals surface area contributed by atoms with Crippen molar-refractivity contribution in [3.8, 4) is 0 Å². The van der Waals surface area contributed by atoms with Gasteiger partial charge in [-0.15, -0.1) is 0 Å². The van der Waals surface area contributed by atoms with Crippen molar-refractivity contribution in [3.63, 3.8) is 0 Å². The zero-order valence-electron chi connectivity index (χ0n) is 9.79. The van der Waals surface area contributed by atoms with Gasteiger partial charge < -0.3 is 5.32 Å². The molecule has 1 nitrogen and oxygen atoms in total. The van der Waals surface area contributed by atoms with Crippen molar-refractivity contribution in [1.82, 2.24) is 0 Å². The molecule has 1 aromatic carbocycles. The number of rotatable bonds is 4. The summed E-state index contributed by atoms with van der Waals surface area (Å²) >= 11 is 0. The fourth-order valence-corrected chi connectivity index (χ4v) is 2.11. The maximum absolute atomic E-state index is 3.60. The summed E-state index contributed by atoms with van der Waals surface area (Å²) in [5.41, 5.74) is 2.77. The first-order valence-electron chi connectivity index (χ1n) is 6.10. The Morgan fingerprint density at radius 1 is 1.27 bits per heavy atom. The normalized spacial score (nSPS) is 16.5. The second kappa shape index (κ2) is 4.69. The van der Waals surface area contributed by atoms with Crippen LogP contribution in [0, 0.1) is 5.92 Å². The van der Waals surface area contributed by atoms with E-state index >= 15 is 0 Å². The minimum absolute atomic E-state index is 0.607. The Bertz CT molecular complexity index is 313. The van der Waals surface area contributed by atoms with Crippen LogP contribution in [0.5, 0.6) is 0 Å². The van der Waals surface area contributed by atoms with Gasteiger partial charge in [-0.1, -0.05) is 38.5 Å². The van der Waals surface area contributed by atoms with Crippen molar-refractivity contribution in [2.24, 2.45) is 5.92 Å². The minimum Gasteiger partial charge on any atom is -0.385 e. The summed E-state index contributed by atoms with van der Waals surface area (Å²) in [5, 5.41) is 3.60. The molecule has 1 N–H and O–H groups in total. The highest BCUT2D eigenvalue weighted by Gasteiger charge is 2.17. The predicted molar refractivity (Wildman–Crippen MR) is 66.4 cm³/mol. The molecule has 1 aliphatic rings. The van der Waals surface area contributed by atoms with E-state index in [0.29, 0.717) is 5.92 Å². The first kappa shape index (κ1) is 10.5. The SMILES string of the molecule is CC(C)c1ccccc1NCC1CCC1. The highest BCUT2D eigenvalue weighted by Crippen LogP contribution is 2.28. The van der Waals surface area contributed by atoms with Gasteiger partial charge in [0.25, 0.3) is 0 Å². The zero-order chi connectivity index (χ0) is 10.7. The summed E-state index contributed by atoms with van der Waals surface area (Å²) in [7, 11) is 0. The van der Waals surface area contributed by atoms with E-state index in [-0.39, 0.29) is 0 Å². The van der Waals surface area contributed by atoms with Gasteiger partial charge in [0.2, 0.25) is 0 Å². The van der Waals surface area contributed by atoms with Crippen molar-refractivity contribution in [3.05, 3.63) is 29.8 Å². The molecule has 0 bridgehead atoms. The highest BCUT2D eigenvalue weighted by atomic mass is 14.9. The molecular weight excluding hydrogens is 182 g/mol. The van der Waals surface area contributed by atoms with Gasteiger partial charge in [0, 0.05) is 12.2 Å². The van der Waals surface area contributed by atoms with Crippen molar-refractivity contribution in [1.29, 1.82) is 0 Å². The zero-order valence-corrected chi connectivity index (χ0v) is 9.79. The average Bonchev–Trinajstić information content (AvgIpc) is 2.16. The van der Waals surface area contributed by atoms with Crippen molar-refractivity contribution in [2.45, 2.75) is 39.0 Å². The molecule has 0 atom stereocenters. The number of nitrogens with one attached hydrogen (secondary N) is 1. The fraction of sp³-hybridized carbons (Fsp3) is 0.571. The Balaban J connectivity index is 1.99. The van der Waals surface area contributed by atoms with Gasteiger partial charge in [0.15, 0.2) is 0 Å². The lowest BCUT2D eigenvalue weighted by molar-refractivity contribution is 0.333. The van der Waals surface area contributed by atoms with Gasteiger partial charge in [0.1, 0.15) is 0 Å².